The van der Waals surface area contributed by atoms with E-state index in [4.69, 9.17) is 16.3 Å². The Labute approximate surface area is 163 Å². The van der Waals surface area contributed by atoms with Crippen LogP contribution in [0.5, 0.6) is 5.75 Å². The maximum Gasteiger partial charge on any atom is 0.200 e. The third-order valence-corrected chi connectivity index (χ3v) is 4.57. The van der Waals surface area contributed by atoms with Crippen LogP contribution in [0.15, 0.2) is 78.9 Å². The maximum absolute atomic E-state index is 12.5. The molecule has 0 saturated carbocycles. The lowest BCUT2D eigenvalue weighted by molar-refractivity contribution is 0.0921. The van der Waals surface area contributed by atoms with Gasteiger partial charge in [-0.25, -0.2) is 0 Å². The lowest BCUT2D eigenvalue weighted by atomic mass is 10.0. The summed E-state index contributed by atoms with van der Waals surface area (Å²) in [7, 11) is 0. The van der Waals surface area contributed by atoms with E-state index in [1.165, 1.54) is 0 Å². The van der Waals surface area contributed by atoms with Crippen molar-refractivity contribution in [1.29, 1.82) is 0 Å². The standard InChI is InChI=1S/C23H19ClO3/c24-21-12-5-4-7-17(21)13-14-22(25)19-10-6-11-20(15-19)27-16-23(26)18-8-2-1-3-9-18/h1-12,15H,13-14,16H2. The molecule has 3 nitrogen and oxygen atoms in total. The summed E-state index contributed by atoms with van der Waals surface area (Å²) in [5.74, 6) is 0.406. The van der Waals surface area contributed by atoms with Crippen molar-refractivity contribution < 1.29 is 14.3 Å². The summed E-state index contributed by atoms with van der Waals surface area (Å²) >= 11 is 6.14. The van der Waals surface area contributed by atoms with Gasteiger partial charge in [0.2, 0.25) is 0 Å². The van der Waals surface area contributed by atoms with E-state index in [0.717, 1.165) is 5.56 Å². The fourth-order valence-corrected chi connectivity index (χ4v) is 2.94. The second-order valence-corrected chi connectivity index (χ2v) is 6.53. The summed E-state index contributed by atoms with van der Waals surface area (Å²) in [6.45, 7) is -0.0682. The molecule has 0 atom stereocenters. The zero-order valence-corrected chi connectivity index (χ0v) is 15.5. The number of benzene rings is 3. The monoisotopic (exact) mass is 378 g/mol. The van der Waals surface area contributed by atoms with E-state index in [-0.39, 0.29) is 18.2 Å². The molecule has 0 aliphatic rings. The zero-order chi connectivity index (χ0) is 19.1. The van der Waals surface area contributed by atoms with Gasteiger partial charge >= 0.3 is 0 Å². The van der Waals surface area contributed by atoms with Gasteiger partial charge in [0.15, 0.2) is 18.2 Å². The smallest absolute Gasteiger partial charge is 0.200 e. The fraction of sp³-hybridized carbons (Fsp3) is 0.130. The summed E-state index contributed by atoms with van der Waals surface area (Å²) in [6.07, 6.45) is 0.937. The van der Waals surface area contributed by atoms with Gasteiger partial charge < -0.3 is 4.74 Å². The number of ether oxygens (including phenoxy) is 1. The van der Waals surface area contributed by atoms with E-state index in [1.807, 2.05) is 42.5 Å². The quantitative estimate of drug-likeness (QED) is 0.492. The number of hydrogen-bond donors (Lipinski definition) is 0. The normalized spacial score (nSPS) is 10.4. The van der Waals surface area contributed by atoms with Gasteiger partial charge in [-0.1, -0.05) is 72.3 Å². The highest BCUT2D eigenvalue weighted by atomic mass is 35.5. The van der Waals surface area contributed by atoms with Crippen molar-refractivity contribution >= 4 is 23.2 Å². The Bertz CT molecular complexity index is 935. The second-order valence-electron chi connectivity index (χ2n) is 6.12. The molecule has 0 radical (unpaired) electrons. The van der Waals surface area contributed by atoms with Crippen LogP contribution in [0.2, 0.25) is 5.02 Å². The minimum absolute atomic E-state index is 0.00903. The van der Waals surface area contributed by atoms with Gasteiger partial charge in [0, 0.05) is 22.6 Å². The highest BCUT2D eigenvalue weighted by molar-refractivity contribution is 6.31. The Kier molecular flexibility index (Phi) is 6.39. The summed E-state index contributed by atoms with van der Waals surface area (Å²) in [6, 6.07) is 23.4. The highest BCUT2D eigenvalue weighted by Gasteiger charge is 2.10. The molecule has 0 aliphatic heterocycles. The van der Waals surface area contributed by atoms with Crippen LogP contribution in [-0.2, 0) is 6.42 Å². The second kappa shape index (κ2) is 9.15. The highest BCUT2D eigenvalue weighted by Crippen LogP contribution is 2.19. The van der Waals surface area contributed by atoms with Crippen LogP contribution in [-0.4, -0.2) is 18.2 Å². The first kappa shape index (κ1) is 18.9. The van der Waals surface area contributed by atoms with E-state index in [2.05, 4.69) is 0 Å². The first-order chi connectivity index (χ1) is 13.1. The van der Waals surface area contributed by atoms with Gasteiger partial charge in [0.05, 0.1) is 0 Å². The molecule has 3 aromatic rings. The van der Waals surface area contributed by atoms with Crippen molar-refractivity contribution in [2.24, 2.45) is 0 Å². The molecule has 0 heterocycles. The Morgan fingerprint density at radius 1 is 0.778 bits per heavy atom. The third-order valence-electron chi connectivity index (χ3n) is 4.20. The van der Waals surface area contributed by atoms with Gasteiger partial charge in [-0.15, -0.1) is 0 Å². The van der Waals surface area contributed by atoms with Gasteiger partial charge in [0.1, 0.15) is 5.75 Å². The minimum Gasteiger partial charge on any atom is -0.485 e. The number of carbonyl (C=O) groups is 2. The molecule has 0 fully saturated rings. The van der Waals surface area contributed by atoms with E-state index >= 15 is 0 Å². The molecule has 0 spiro atoms. The van der Waals surface area contributed by atoms with Crippen LogP contribution in [0.3, 0.4) is 0 Å². The Morgan fingerprint density at radius 3 is 2.26 bits per heavy atom. The molecular formula is C23H19ClO3. The molecule has 0 aliphatic carbocycles. The van der Waals surface area contributed by atoms with Crippen molar-refractivity contribution in [1.82, 2.24) is 0 Å². The van der Waals surface area contributed by atoms with Gasteiger partial charge in [-0.05, 0) is 30.2 Å². The molecule has 0 aromatic heterocycles. The average molecular weight is 379 g/mol. The predicted octanol–water partition coefficient (Wildman–Crippen LogP) is 5.42. The van der Waals surface area contributed by atoms with Crippen LogP contribution < -0.4 is 4.74 Å². The van der Waals surface area contributed by atoms with E-state index in [0.29, 0.717) is 34.7 Å². The fourth-order valence-electron chi connectivity index (χ4n) is 2.71. The maximum atomic E-state index is 12.5. The number of rotatable bonds is 8. The zero-order valence-electron chi connectivity index (χ0n) is 14.7. The van der Waals surface area contributed by atoms with Crippen LogP contribution >= 0.6 is 11.6 Å². The number of ketones is 2. The van der Waals surface area contributed by atoms with E-state index in [1.54, 1.807) is 36.4 Å². The van der Waals surface area contributed by atoms with Gasteiger partial charge in [0.25, 0.3) is 0 Å². The number of hydrogen-bond acceptors (Lipinski definition) is 3. The molecule has 0 saturated heterocycles. The van der Waals surface area contributed by atoms with Crippen LogP contribution in [0.25, 0.3) is 0 Å². The number of Topliss-reactive ketones (excluding diaryl/α,β-unsaturated/α-hetero) is 2. The molecule has 0 amide bonds. The topological polar surface area (TPSA) is 43.4 Å². The average Bonchev–Trinajstić information content (AvgIpc) is 2.72. The lowest BCUT2D eigenvalue weighted by Gasteiger charge is -2.08. The van der Waals surface area contributed by atoms with Crippen molar-refractivity contribution in [3.05, 3.63) is 101 Å². The molecule has 0 N–H and O–H groups in total. The summed E-state index contributed by atoms with van der Waals surface area (Å²) in [5, 5.41) is 0.668. The Balaban J connectivity index is 1.59. The van der Waals surface area contributed by atoms with Crippen LogP contribution in [0, 0.1) is 0 Å². The first-order valence-electron chi connectivity index (χ1n) is 8.71. The summed E-state index contributed by atoms with van der Waals surface area (Å²) < 4.78 is 5.57. The first-order valence-corrected chi connectivity index (χ1v) is 9.09. The Morgan fingerprint density at radius 2 is 1.48 bits per heavy atom. The molecule has 0 bridgehead atoms. The van der Waals surface area contributed by atoms with E-state index in [9.17, 15) is 9.59 Å². The minimum atomic E-state index is -0.106. The predicted molar refractivity (Wildman–Crippen MR) is 107 cm³/mol. The number of carbonyl (C=O) groups excluding carboxylic acids is 2. The van der Waals surface area contributed by atoms with E-state index < -0.39 is 0 Å². The molecule has 4 heteroatoms. The number of aryl methyl sites for hydroxylation is 1. The third kappa shape index (κ3) is 5.28. The van der Waals surface area contributed by atoms with Crippen molar-refractivity contribution in [3.8, 4) is 5.75 Å². The summed E-state index contributed by atoms with van der Waals surface area (Å²) in [4.78, 5) is 24.6. The largest absolute Gasteiger partial charge is 0.485 e. The van der Waals surface area contributed by atoms with Crippen LogP contribution in [0.1, 0.15) is 32.7 Å². The van der Waals surface area contributed by atoms with Gasteiger partial charge in [-0.3, -0.25) is 9.59 Å². The summed E-state index contributed by atoms with van der Waals surface area (Å²) in [5.41, 5.74) is 2.12. The number of halogens is 1. The molecular weight excluding hydrogens is 360 g/mol. The molecule has 136 valence electrons. The molecule has 0 unspecified atom stereocenters. The van der Waals surface area contributed by atoms with Crippen LogP contribution in [0.4, 0.5) is 0 Å². The van der Waals surface area contributed by atoms with Crippen molar-refractivity contribution in [2.75, 3.05) is 6.61 Å². The van der Waals surface area contributed by atoms with Crippen molar-refractivity contribution in [2.45, 2.75) is 12.8 Å². The van der Waals surface area contributed by atoms with Crippen molar-refractivity contribution in [3.63, 3.8) is 0 Å². The lowest BCUT2D eigenvalue weighted by Crippen LogP contribution is -2.11. The molecule has 3 rings (SSSR count). The Hall–Kier alpha value is -2.91. The van der Waals surface area contributed by atoms with Gasteiger partial charge in [-0.2, -0.15) is 0 Å². The molecule has 27 heavy (non-hydrogen) atoms. The molecule has 3 aromatic carbocycles. The SMILES string of the molecule is O=C(CCc1ccccc1Cl)c1cccc(OCC(=O)c2ccccc2)c1.